The highest BCUT2D eigenvalue weighted by atomic mass is 16.5. The Morgan fingerprint density at radius 3 is 2.70 bits per heavy atom. The van der Waals surface area contributed by atoms with Gasteiger partial charge in [0, 0.05) is 29.3 Å². The third kappa shape index (κ3) is 4.81. The lowest BCUT2D eigenvalue weighted by Crippen LogP contribution is -2.35. The molecule has 1 amide bonds. The van der Waals surface area contributed by atoms with Gasteiger partial charge in [0.2, 0.25) is 0 Å². The Bertz CT molecular complexity index is 1160. The van der Waals surface area contributed by atoms with Gasteiger partial charge in [0.15, 0.2) is 0 Å². The first kappa shape index (κ1) is 23.1. The highest BCUT2D eigenvalue weighted by Gasteiger charge is 2.47. The topological polar surface area (TPSA) is 63.7 Å². The van der Waals surface area contributed by atoms with Crippen molar-refractivity contribution in [1.29, 1.82) is 0 Å². The van der Waals surface area contributed by atoms with Crippen LogP contribution in [-0.4, -0.2) is 49.1 Å². The van der Waals surface area contributed by atoms with Crippen molar-refractivity contribution in [2.75, 3.05) is 27.3 Å². The number of methoxy groups -OCH3 is 1. The normalized spacial score (nSPS) is 15.3. The lowest BCUT2D eigenvalue weighted by Gasteiger charge is -2.23. The maximum atomic E-state index is 13.4. The van der Waals surface area contributed by atoms with Gasteiger partial charge in [-0.25, -0.2) is 0 Å². The van der Waals surface area contributed by atoms with E-state index >= 15 is 0 Å². The molecule has 174 valence electrons. The zero-order valence-electron chi connectivity index (χ0n) is 20.1. The minimum atomic E-state index is -0.408. The molecule has 6 nitrogen and oxygen atoms in total. The van der Waals surface area contributed by atoms with Crippen molar-refractivity contribution in [2.45, 2.75) is 45.2 Å². The van der Waals surface area contributed by atoms with Crippen molar-refractivity contribution in [3.05, 3.63) is 65.4 Å². The molecule has 1 saturated carbocycles. The number of nitrogens with one attached hydrogen (secondary N) is 1. The Kier molecular flexibility index (Phi) is 6.56. The van der Waals surface area contributed by atoms with Crippen LogP contribution in [-0.2, 0) is 5.54 Å². The molecular formula is C27H33N3O3. The van der Waals surface area contributed by atoms with E-state index in [9.17, 15) is 4.79 Å². The molecule has 2 aromatic carbocycles. The maximum Gasteiger partial charge on any atom is 0.252 e. The van der Waals surface area contributed by atoms with Gasteiger partial charge in [-0.3, -0.25) is 9.78 Å². The Labute approximate surface area is 195 Å². The van der Waals surface area contributed by atoms with Crippen molar-refractivity contribution >= 4 is 16.8 Å². The summed E-state index contributed by atoms with van der Waals surface area (Å²) in [6.07, 6.45) is 3.54. The van der Waals surface area contributed by atoms with Crippen LogP contribution in [0.4, 0.5) is 0 Å². The highest BCUT2D eigenvalue weighted by molar-refractivity contribution is 5.97. The molecular weight excluding hydrogens is 414 g/mol. The van der Waals surface area contributed by atoms with Gasteiger partial charge in [-0.1, -0.05) is 19.1 Å². The summed E-state index contributed by atoms with van der Waals surface area (Å²) in [5.74, 6) is 1.37. The molecule has 0 bridgehead atoms. The molecule has 1 aliphatic carbocycles. The number of carbonyl (C=O) groups excluding carboxylic acids is 1. The molecule has 33 heavy (non-hydrogen) atoms. The van der Waals surface area contributed by atoms with Gasteiger partial charge >= 0.3 is 0 Å². The minimum absolute atomic E-state index is 0.0889. The molecule has 1 N–H and O–H groups in total. The van der Waals surface area contributed by atoms with Gasteiger partial charge in [-0.15, -0.1) is 0 Å². The number of pyridine rings is 1. The number of hydrogen-bond donors (Lipinski definition) is 1. The standard InChI is InChI=1S/C27H33N3O3/c1-6-30(4)19(3)17-33-20-10-9-18(2)23(14-20)26(31)29-27(11-12-27)24-15-21(32-5)16-25-22(24)8-7-13-28-25/h7-10,13-16,19H,6,11-12,17H2,1-5H3,(H,29,31). The summed E-state index contributed by atoms with van der Waals surface area (Å²) in [6, 6.07) is 14.0. The lowest BCUT2D eigenvalue weighted by atomic mass is 9.97. The monoisotopic (exact) mass is 447 g/mol. The predicted molar refractivity (Wildman–Crippen MR) is 131 cm³/mol. The van der Waals surface area contributed by atoms with Crippen LogP contribution in [0, 0.1) is 6.92 Å². The Hall–Kier alpha value is -3.12. The molecule has 1 heterocycles. The number of aryl methyl sites for hydroxylation is 1. The molecule has 1 atom stereocenters. The minimum Gasteiger partial charge on any atom is -0.497 e. The molecule has 3 aromatic rings. The number of likely N-dealkylation sites (N-methyl/N-ethyl adjacent to an activating group) is 1. The van der Waals surface area contributed by atoms with Gasteiger partial charge in [0.05, 0.1) is 18.2 Å². The molecule has 0 aliphatic heterocycles. The number of aromatic nitrogens is 1. The average molecular weight is 448 g/mol. The summed E-state index contributed by atoms with van der Waals surface area (Å²) in [5, 5.41) is 4.36. The number of benzene rings is 2. The predicted octanol–water partition coefficient (Wildman–Crippen LogP) is 4.69. The van der Waals surface area contributed by atoms with E-state index in [2.05, 4.69) is 42.2 Å². The third-order valence-electron chi connectivity index (χ3n) is 6.74. The molecule has 1 aliphatic rings. The fourth-order valence-electron chi connectivity index (χ4n) is 4.13. The van der Waals surface area contributed by atoms with Gasteiger partial charge < -0.3 is 19.7 Å². The van der Waals surface area contributed by atoms with E-state index in [1.807, 2.05) is 43.3 Å². The largest absolute Gasteiger partial charge is 0.497 e. The first-order valence-electron chi connectivity index (χ1n) is 11.6. The smallest absolute Gasteiger partial charge is 0.252 e. The number of amides is 1. The van der Waals surface area contributed by atoms with E-state index < -0.39 is 5.54 Å². The first-order chi connectivity index (χ1) is 15.9. The molecule has 1 fully saturated rings. The molecule has 6 heteroatoms. The molecule has 0 radical (unpaired) electrons. The summed E-state index contributed by atoms with van der Waals surface area (Å²) in [5.41, 5.74) is 3.08. The summed E-state index contributed by atoms with van der Waals surface area (Å²) >= 11 is 0. The van der Waals surface area contributed by atoms with Crippen LogP contribution in [0.2, 0.25) is 0 Å². The summed E-state index contributed by atoms with van der Waals surface area (Å²) in [7, 11) is 3.73. The van der Waals surface area contributed by atoms with Crippen molar-refractivity contribution in [1.82, 2.24) is 15.2 Å². The molecule has 4 rings (SSSR count). The highest BCUT2D eigenvalue weighted by Crippen LogP contribution is 2.49. The molecule has 1 unspecified atom stereocenters. The number of hydrogen-bond acceptors (Lipinski definition) is 5. The quantitative estimate of drug-likeness (QED) is 0.516. The second-order valence-corrected chi connectivity index (χ2v) is 8.99. The number of fused-ring (bicyclic) bond motifs is 1. The fraction of sp³-hybridized carbons (Fsp3) is 0.407. The number of rotatable bonds is 9. The van der Waals surface area contributed by atoms with Crippen LogP contribution < -0.4 is 14.8 Å². The van der Waals surface area contributed by atoms with Gasteiger partial charge in [0.1, 0.15) is 18.1 Å². The van der Waals surface area contributed by atoms with Crippen LogP contribution in [0.5, 0.6) is 11.5 Å². The zero-order valence-corrected chi connectivity index (χ0v) is 20.1. The van der Waals surface area contributed by atoms with E-state index in [1.165, 1.54) is 0 Å². The first-order valence-corrected chi connectivity index (χ1v) is 11.6. The Morgan fingerprint density at radius 2 is 2.00 bits per heavy atom. The SMILES string of the molecule is CCN(C)C(C)COc1ccc(C)c(C(=O)NC2(c3cc(OC)cc4ncccc34)CC2)c1. The second-order valence-electron chi connectivity index (χ2n) is 8.99. The van der Waals surface area contributed by atoms with Gasteiger partial charge in [-0.05, 0) is 75.7 Å². The van der Waals surface area contributed by atoms with E-state index in [4.69, 9.17) is 9.47 Å². The number of nitrogens with zero attached hydrogens (tertiary/aromatic N) is 2. The summed E-state index contributed by atoms with van der Waals surface area (Å²) < 4.78 is 11.5. The van der Waals surface area contributed by atoms with Crippen LogP contribution in [0.1, 0.15) is 48.2 Å². The number of carbonyl (C=O) groups is 1. The van der Waals surface area contributed by atoms with Crippen molar-refractivity contribution in [3.63, 3.8) is 0 Å². The van der Waals surface area contributed by atoms with Crippen LogP contribution in [0.15, 0.2) is 48.7 Å². The summed E-state index contributed by atoms with van der Waals surface area (Å²) in [6.45, 7) is 7.75. The average Bonchev–Trinajstić information content (AvgIpc) is 3.62. The Balaban J connectivity index is 1.57. The van der Waals surface area contributed by atoms with Crippen molar-refractivity contribution in [2.24, 2.45) is 0 Å². The van der Waals surface area contributed by atoms with E-state index in [0.717, 1.165) is 47.2 Å². The lowest BCUT2D eigenvalue weighted by molar-refractivity contribution is 0.0929. The van der Waals surface area contributed by atoms with E-state index in [-0.39, 0.29) is 5.91 Å². The maximum absolute atomic E-state index is 13.4. The van der Waals surface area contributed by atoms with Gasteiger partial charge in [-0.2, -0.15) is 0 Å². The van der Waals surface area contributed by atoms with Crippen LogP contribution >= 0.6 is 0 Å². The third-order valence-corrected chi connectivity index (χ3v) is 6.74. The van der Waals surface area contributed by atoms with Crippen molar-refractivity contribution < 1.29 is 14.3 Å². The Morgan fingerprint density at radius 1 is 1.21 bits per heavy atom. The fourth-order valence-corrected chi connectivity index (χ4v) is 4.13. The van der Waals surface area contributed by atoms with Gasteiger partial charge in [0.25, 0.3) is 5.91 Å². The second kappa shape index (κ2) is 9.40. The van der Waals surface area contributed by atoms with Crippen LogP contribution in [0.3, 0.4) is 0 Å². The van der Waals surface area contributed by atoms with E-state index in [0.29, 0.717) is 24.0 Å². The zero-order chi connectivity index (χ0) is 23.6. The molecule has 0 spiro atoms. The molecule has 1 aromatic heterocycles. The summed E-state index contributed by atoms with van der Waals surface area (Å²) in [4.78, 5) is 20.1. The van der Waals surface area contributed by atoms with Crippen LogP contribution in [0.25, 0.3) is 10.9 Å². The molecule has 0 saturated heterocycles. The number of ether oxygens (including phenoxy) is 2. The van der Waals surface area contributed by atoms with E-state index in [1.54, 1.807) is 13.3 Å². The van der Waals surface area contributed by atoms with Crippen molar-refractivity contribution in [3.8, 4) is 11.5 Å².